The molecule has 0 aliphatic heterocycles. The number of allylic oxidation sites excluding steroid dienone is 6. The van der Waals surface area contributed by atoms with E-state index in [2.05, 4.69) is 0 Å². The van der Waals surface area contributed by atoms with E-state index in [-0.39, 0.29) is 28.6 Å². The van der Waals surface area contributed by atoms with Gasteiger partial charge in [-0.05, 0) is 18.4 Å². The number of benzene rings is 1. The minimum Gasteiger partial charge on any atom is -0.875 e. The van der Waals surface area contributed by atoms with Crippen molar-refractivity contribution in [2.45, 2.75) is 32.1 Å². The molecule has 0 saturated heterocycles. The number of rotatable bonds is 7. The molecule has 0 radical (unpaired) electrons. The van der Waals surface area contributed by atoms with Crippen molar-refractivity contribution in [3.05, 3.63) is 102 Å². The summed E-state index contributed by atoms with van der Waals surface area (Å²) in [6.07, 6.45) is 11.2. The van der Waals surface area contributed by atoms with Crippen LogP contribution in [0.5, 0.6) is 0 Å². The molecule has 0 aromatic heterocycles. The number of hydrogen-bond acceptors (Lipinski definition) is 2. The molecule has 3 rings (SSSR count). The SMILES string of the molecule is O=C(CCCCCC([O-])=C1C=CC=C1)c1ccccc1.[Fe+2].c1cc[cH-]c1. The van der Waals surface area contributed by atoms with Gasteiger partial charge in [0, 0.05) is 12.0 Å². The maximum Gasteiger partial charge on any atom is 2.00 e. The van der Waals surface area contributed by atoms with Crippen LogP contribution in [0.3, 0.4) is 0 Å². The van der Waals surface area contributed by atoms with Gasteiger partial charge in [-0.25, -0.2) is 12.1 Å². The van der Waals surface area contributed by atoms with Gasteiger partial charge in [-0.3, -0.25) is 4.79 Å². The molecule has 1 aliphatic rings. The summed E-state index contributed by atoms with van der Waals surface area (Å²) in [7, 11) is 0. The van der Waals surface area contributed by atoms with Crippen LogP contribution in [0.25, 0.3) is 0 Å². The van der Waals surface area contributed by atoms with Gasteiger partial charge in [0.1, 0.15) is 0 Å². The smallest absolute Gasteiger partial charge is 0.875 e. The van der Waals surface area contributed by atoms with Crippen LogP contribution in [-0.4, -0.2) is 5.78 Å². The van der Waals surface area contributed by atoms with Crippen LogP contribution in [-0.2, 0) is 17.1 Å². The van der Waals surface area contributed by atoms with Crippen molar-refractivity contribution < 1.29 is 27.0 Å². The topological polar surface area (TPSA) is 40.1 Å². The first-order valence-electron chi connectivity index (χ1n) is 8.77. The molecule has 0 bridgehead atoms. The molecule has 0 saturated carbocycles. The van der Waals surface area contributed by atoms with Crippen molar-refractivity contribution >= 4 is 5.78 Å². The van der Waals surface area contributed by atoms with Gasteiger partial charge in [0.2, 0.25) is 0 Å². The van der Waals surface area contributed by atoms with E-state index in [9.17, 15) is 9.90 Å². The van der Waals surface area contributed by atoms with E-state index in [4.69, 9.17) is 0 Å². The molecule has 0 amide bonds. The van der Waals surface area contributed by atoms with E-state index >= 15 is 0 Å². The molecule has 0 spiro atoms. The largest absolute Gasteiger partial charge is 2.00 e. The normalized spacial score (nSPS) is 11.5. The number of carbonyl (C=O) groups excluding carboxylic acids is 1. The fourth-order valence-electron chi connectivity index (χ4n) is 2.54. The number of unbranched alkanes of at least 4 members (excludes halogenated alkanes) is 2. The average molecular weight is 388 g/mol. The van der Waals surface area contributed by atoms with Gasteiger partial charge in [-0.1, -0.05) is 67.5 Å². The Bertz CT molecular complexity index is 679. The molecule has 0 heterocycles. The molecule has 0 fully saturated rings. The van der Waals surface area contributed by atoms with Gasteiger partial charge < -0.3 is 5.11 Å². The molecule has 3 heteroatoms. The Morgan fingerprint density at radius 2 is 1.46 bits per heavy atom. The van der Waals surface area contributed by atoms with Crippen LogP contribution in [0.2, 0.25) is 0 Å². The Kier molecular flexibility index (Phi) is 10.9. The van der Waals surface area contributed by atoms with Crippen LogP contribution in [0.1, 0.15) is 42.5 Å². The van der Waals surface area contributed by atoms with Gasteiger partial charge in [-0.2, -0.15) is 18.2 Å². The summed E-state index contributed by atoms with van der Waals surface area (Å²) in [6.45, 7) is 0. The molecule has 0 atom stereocenters. The second-order valence-corrected chi connectivity index (χ2v) is 5.91. The van der Waals surface area contributed by atoms with E-state index in [1.54, 1.807) is 0 Å². The Balaban J connectivity index is 0.000000486. The standard InChI is InChI=1S/C18H20O2.C5H5.Fe/c19-17(15-9-3-1-4-10-15)13-5-2-6-14-18(20)16-11-7-8-12-16;1-2-4-5-3-1;/h1,3-4,7-12,20H,2,5-6,13-14H2;1-5H;/q;-1;+2/p-1. The van der Waals surface area contributed by atoms with E-state index in [0.717, 1.165) is 30.4 Å². The van der Waals surface area contributed by atoms with E-state index < -0.39 is 0 Å². The number of ketones is 1. The summed E-state index contributed by atoms with van der Waals surface area (Å²) >= 11 is 0. The molecule has 1 aliphatic carbocycles. The predicted octanol–water partition coefficient (Wildman–Crippen LogP) is 4.96. The fraction of sp³-hybridized carbons (Fsp3) is 0.217. The summed E-state index contributed by atoms with van der Waals surface area (Å²) in [5.41, 5.74) is 1.57. The van der Waals surface area contributed by atoms with Gasteiger partial charge in [-0.15, -0.1) is 5.76 Å². The zero-order valence-electron chi connectivity index (χ0n) is 14.8. The second kappa shape index (κ2) is 13.0. The first-order valence-corrected chi connectivity index (χ1v) is 8.77. The number of hydrogen-bond donors (Lipinski definition) is 0. The van der Waals surface area contributed by atoms with Crippen LogP contribution in [0.15, 0.2) is 96.3 Å². The first-order chi connectivity index (χ1) is 12.3. The molecular formula is C23H24FeO2. The molecule has 136 valence electrons. The van der Waals surface area contributed by atoms with Crippen LogP contribution in [0.4, 0.5) is 0 Å². The van der Waals surface area contributed by atoms with Crippen molar-refractivity contribution in [2.75, 3.05) is 0 Å². The van der Waals surface area contributed by atoms with Crippen molar-refractivity contribution in [3.8, 4) is 0 Å². The van der Waals surface area contributed by atoms with Gasteiger partial charge in [0.15, 0.2) is 5.78 Å². The third-order valence-electron chi connectivity index (χ3n) is 3.94. The molecular weight excluding hydrogens is 364 g/mol. The second-order valence-electron chi connectivity index (χ2n) is 5.91. The third kappa shape index (κ3) is 8.24. The Morgan fingerprint density at radius 3 is 2.04 bits per heavy atom. The minimum atomic E-state index is 0. The molecule has 0 unspecified atom stereocenters. The first kappa shape index (κ1) is 21.8. The fourth-order valence-corrected chi connectivity index (χ4v) is 2.54. The maximum atomic E-state index is 11.9. The monoisotopic (exact) mass is 388 g/mol. The Morgan fingerprint density at radius 1 is 0.846 bits per heavy atom. The van der Waals surface area contributed by atoms with Crippen molar-refractivity contribution in [2.24, 2.45) is 0 Å². The van der Waals surface area contributed by atoms with Gasteiger partial charge in [0.25, 0.3) is 0 Å². The van der Waals surface area contributed by atoms with Crippen LogP contribution in [0, 0.1) is 0 Å². The van der Waals surface area contributed by atoms with Crippen LogP contribution < -0.4 is 5.11 Å². The predicted molar refractivity (Wildman–Crippen MR) is 101 cm³/mol. The third-order valence-corrected chi connectivity index (χ3v) is 3.94. The molecule has 2 aromatic carbocycles. The Labute approximate surface area is 166 Å². The number of Topliss-reactive ketones (excluding diaryl/α,β-unsaturated/α-hetero) is 1. The van der Waals surface area contributed by atoms with Gasteiger partial charge in [0.05, 0.1) is 0 Å². The summed E-state index contributed by atoms with van der Waals surface area (Å²) in [5, 5.41) is 11.8. The van der Waals surface area contributed by atoms with Crippen molar-refractivity contribution in [1.82, 2.24) is 0 Å². The average Bonchev–Trinajstić information content (AvgIpc) is 3.37. The summed E-state index contributed by atoms with van der Waals surface area (Å²) in [5.74, 6) is 0.386. The van der Waals surface area contributed by atoms with Gasteiger partial charge >= 0.3 is 17.1 Å². The molecule has 2 nitrogen and oxygen atoms in total. The van der Waals surface area contributed by atoms with E-state index in [1.807, 2.05) is 85.0 Å². The van der Waals surface area contributed by atoms with Crippen molar-refractivity contribution in [1.29, 1.82) is 0 Å². The zero-order chi connectivity index (χ0) is 17.7. The zero-order valence-corrected chi connectivity index (χ0v) is 15.9. The molecule has 0 N–H and O–H groups in total. The minimum absolute atomic E-state index is 0. The summed E-state index contributed by atoms with van der Waals surface area (Å²) < 4.78 is 0. The van der Waals surface area contributed by atoms with E-state index in [0.29, 0.717) is 12.8 Å². The quantitative estimate of drug-likeness (QED) is 0.221. The maximum absolute atomic E-state index is 11.9. The van der Waals surface area contributed by atoms with E-state index in [1.165, 1.54) is 0 Å². The summed E-state index contributed by atoms with van der Waals surface area (Å²) in [6, 6.07) is 19.4. The summed E-state index contributed by atoms with van der Waals surface area (Å²) in [4.78, 5) is 11.9. The number of carbonyl (C=O) groups is 1. The van der Waals surface area contributed by atoms with Crippen LogP contribution >= 0.6 is 0 Å². The van der Waals surface area contributed by atoms with Crippen molar-refractivity contribution in [3.63, 3.8) is 0 Å². The Hall–Kier alpha value is -2.22. The molecule has 2 aromatic rings. The molecule has 26 heavy (non-hydrogen) atoms.